The van der Waals surface area contributed by atoms with Crippen LogP contribution in [-0.2, 0) is 14.0 Å². The molecule has 0 aromatic carbocycles. The molecule has 8 heteroatoms. The number of amides is 1. The molecule has 0 atom stereocenters. The summed E-state index contributed by atoms with van der Waals surface area (Å²) < 4.78 is 22.8. The van der Waals surface area contributed by atoms with Crippen LogP contribution < -0.4 is 10.1 Å². The summed E-state index contributed by atoms with van der Waals surface area (Å²) in [6.45, 7) is 13.6. The molecule has 0 saturated carbocycles. The molecule has 0 bridgehead atoms. The van der Waals surface area contributed by atoms with Crippen LogP contribution in [0, 0.1) is 0 Å². The maximum Gasteiger partial charge on any atom is 0.492 e. The van der Waals surface area contributed by atoms with Gasteiger partial charge in [0, 0.05) is 18.8 Å². The third-order valence-electron chi connectivity index (χ3n) is 4.71. The highest BCUT2D eigenvalue weighted by atomic mass is 16.7. The first-order valence-corrected chi connectivity index (χ1v) is 9.36. The van der Waals surface area contributed by atoms with Crippen molar-refractivity contribution in [3.8, 4) is 5.88 Å². The lowest BCUT2D eigenvalue weighted by Crippen LogP contribution is -2.41. The number of nitrogens with one attached hydrogen (secondary N) is 1. The molecule has 154 valence electrons. The first-order valence-electron chi connectivity index (χ1n) is 9.36. The average Bonchev–Trinajstić information content (AvgIpc) is 2.77. The molecule has 2 heterocycles. The normalized spacial score (nSPS) is 18.7. The molecule has 28 heavy (non-hydrogen) atoms. The molecular formula is C20H31BN2O5. The minimum Gasteiger partial charge on any atom is -0.481 e. The molecule has 0 radical (unpaired) electrons. The monoisotopic (exact) mass is 390 g/mol. The van der Waals surface area contributed by atoms with E-state index in [9.17, 15) is 4.79 Å². The molecule has 1 fully saturated rings. The van der Waals surface area contributed by atoms with Gasteiger partial charge in [-0.1, -0.05) is 6.08 Å². The quantitative estimate of drug-likeness (QED) is 0.774. The van der Waals surface area contributed by atoms with Gasteiger partial charge in [0.25, 0.3) is 0 Å². The second kappa shape index (κ2) is 8.13. The van der Waals surface area contributed by atoms with E-state index in [0.29, 0.717) is 5.88 Å². The molecular weight excluding hydrogens is 359 g/mol. The predicted molar refractivity (Wildman–Crippen MR) is 109 cm³/mol. The van der Waals surface area contributed by atoms with Crippen LogP contribution in [0.5, 0.6) is 5.88 Å². The number of carbonyl (C=O) groups excluding carboxylic acids is 1. The van der Waals surface area contributed by atoms with Crippen molar-refractivity contribution in [2.75, 3.05) is 13.7 Å². The zero-order chi connectivity index (χ0) is 21.2. The Kier molecular flexibility index (Phi) is 6.46. The first kappa shape index (κ1) is 22.2. The van der Waals surface area contributed by atoms with E-state index in [1.807, 2.05) is 60.6 Å². The zero-order valence-electron chi connectivity index (χ0n) is 18.1. The van der Waals surface area contributed by atoms with Gasteiger partial charge >= 0.3 is 13.2 Å². The van der Waals surface area contributed by atoms with E-state index in [0.717, 1.165) is 11.0 Å². The standard InChI is InChI=1S/C20H31BN2O5/c1-18(2,3)26-17(24)23-13-15(11-14-9-10-22-16(12-14)25-8)21-27-19(4,5)20(6,7)28-21/h9-12H,13H2,1-8H3,(H,23,24). The number of ether oxygens (including phenoxy) is 2. The SMILES string of the molecule is COc1cc(C=C(CNC(=O)OC(C)(C)C)B2OC(C)(C)C(C)(C)O2)ccn1. The van der Waals surface area contributed by atoms with Gasteiger partial charge in [-0.2, -0.15) is 0 Å². The lowest BCUT2D eigenvalue weighted by Gasteiger charge is -2.32. The van der Waals surface area contributed by atoms with Gasteiger partial charge in [-0.15, -0.1) is 0 Å². The van der Waals surface area contributed by atoms with Crippen LogP contribution in [0.25, 0.3) is 6.08 Å². The van der Waals surface area contributed by atoms with Gasteiger partial charge < -0.3 is 24.1 Å². The highest BCUT2D eigenvalue weighted by Crippen LogP contribution is 2.38. The second-order valence-electron chi connectivity index (χ2n) is 8.79. The van der Waals surface area contributed by atoms with Gasteiger partial charge in [0.1, 0.15) is 5.60 Å². The van der Waals surface area contributed by atoms with Crippen molar-refractivity contribution in [2.45, 2.75) is 65.3 Å². The Morgan fingerprint density at radius 2 is 1.86 bits per heavy atom. The number of hydrogen-bond donors (Lipinski definition) is 1. The van der Waals surface area contributed by atoms with Crippen molar-refractivity contribution in [1.29, 1.82) is 0 Å². The van der Waals surface area contributed by atoms with Gasteiger partial charge in [-0.3, -0.25) is 0 Å². The number of hydrogen-bond acceptors (Lipinski definition) is 6. The van der Waals surface area contributed by atoms with Crippen molar-refractivity contribution in [1.82, 2.24) is 10.3 Å². The number of nitrogens with zero attached hydrogens (tertiary/aromatic N) is 1. The van der Waals surface area contributed by atoms with Gasteiger partial charge in [-0.05, 0) is 65.6 Å². The molecule has 1 aliphatic heterocycles. The lowest BCUT2D eigenvalue weighted by molar-refractivity contribution is 0.00578. The minimum absolute atomic E-state index is 0.219. The van der Waals surface area contributed by atoms with E-state index in [1.165, 1.54) is 0 Å². The summed E-state index contributed by atoms with van der Waals surface area (Å²) in [5, 5.41) is 2.78. The molecule has 1 aliphatic rings. The van der Waals surface area contributed by atoms with Gasteiger partial charge in [0.15, 0.2) is 0 Å². The van der Waals surface area contributed by atoms with E-state index < -0.39 is 30.0 Å². The summed E-state index contributed by atoms with van der Waals surface area (Å²) in [6, 6.07) is 3.65. The molecule has 1 aromatic rings. The summed E-state index contributed by atoms with van der Waals surface area (Å²) in [4.78, 5) is 16.2. The first-order chi connectivity index (χ1) is 12.8. The Labute approximate surface area is 167 Å². The number of rotatable bonds is 5. The van der Waals surface area contributed by atoms with Crippen LogP contribution in [0.3, 0.4) is 0 Å². The summed E-state index contributed by atoms with van der Waals surface area (Å²) in [5.74, 6) is 0.502. The van der Waals surface area contributed by atoms with Crippen molar-refractivity contribution in [3.05, 3.63) is 29.4 Å². The molecule has 0 spiro atoms. The third-order valence-corrected chi connectivity index (χ3v) is 4.71. The van der Waals surface area contributed by atoms with Crippen LogP contribution in [0.1, 0.15) is 54.0 Å². The molecule has 1 saturated heterocycles. The highest BCUT2D eigenvalue weighted by Gasteiger charge is 2.52. The summed E-state index contributed by atoms with van der Waals surface area (Å²) >= 11 is 0. The van der Waals surface area contributed by atoms with E-state index in [2.05, 4.69) is 10.3 Å². The summed E-state index contributed by atoms with van der Waals surface area (Å²) in [5.41, 5.74) is 0.0777. The number of alkyl carbamates (subject to hydrolysis) is 1. The Morgan fingerprint density at radius 3 is 2.39 bits per heavy atom. The van der Waals surface area contributed by atoms with Crippen molar-refractivity contribution in [3.63, 3.8) is 0 Å². The van der Waals surface area contributed by atoms with E-state index in [4.69, 9.17) is 18.8 Å². The van der Waals surface area contributed by atoms with E-state index >= 15 is 0 Å². The Bertz CT molecular complexity index is 724. The number of methoxy groups -OCH3 is 1. The summed E-state index contributed by atoms with van der Waals surface area (Å²) in [6.07, 6.45) is 3.07. The predicted octanol–water partition coefficient (Wildman–Crippen LogP) is 3.63. The maximum absolute atomic E-state index is 12.1. The fourth-order valence-corrected chi connectivity index (χ4v) is 2.53. The van der Waals surface area contributed by atoms with Crippen LogP contribution in [0.4, 0.5) is 4.79 Å². The van der Waals surface area contributed by atoms with Crippen LogP contribution in [-0.4, -0.2) is 48.7 Å². The molecule has 2 rings (SSSR count). The van der Waals surface area contributed by atoms with Crippen LogP contribution in [0.15, 0.2) is 23.8 Å². The van der Waals surface area contributed by atoms with Crippen LogP contribution in [0.2, 0.25) is 0 Å². The summed E-state index contributed by atoms with van der Waals surface area (Å²) in [7, 11) is 0.966. The molecule has 7 nitrogen and oxygen atoms in total. The smallest absolute Gasteiger partial charge is 0.481 e. The topological polar surface area (TPSA) is 78.9 Å². The van der Waals surface area contributed by atoms with Crippen molar-refractivity contribution >= 4 is 19.3 Å². The largest absolute Gasteiger partial charge is 0.492 e. The fourth-order valence-electron chi connectivity index (χ4n) is 2.53. The minimum atomic E-state index is -0.598. The molecule has 1 aromatic heterocycles. The Hall–Kier alpha value is -2.06. The Balaban J connectivity index is 2.26. The number of carbonyl (C=O) groups is 1. The molecule has 1 amide bonds. The van der Waals surface area contributed by atoms with Gasteiger partial charge in [0.05, 0.1) is 18.3 Å². The van der Waals surface area contributed by atoms with Gasteiger partial charge in [0.2, 0.25) is 5.88 Å². The average molecular weight is 390 g/mol. The lowest BCUT2D eigenvalue weighted by atomic mass is 9.77. The van der Waals surface area contributed by atoms with Crippen molar-refractivity contribution in [2.24, 2.45) is 0 Å². The third kappa shape index (κ3) is 5.72. The Morgan fingerprint density at radius 1 is 1.25 bits per heavy atom. The van der Waals surface area contributed by atoms with Gasteiger partial charge in [-0.25, -0.2) is 9.78 Å². The number of pyridine rings is 1. The van der Waals surface area contributed by atoms with E-state index in [1.54, 1.807) is 19.4 Å². The van der Waals surface area contributed by atoms with E-state index in [-0.39, 0.29) is 6.54 Å². The molecule has 0 aliphatic carbocycles. The molecule has 0 unspecified atom stereocenters. The fraction of sp³-hybridized carbons (Fsp3) is 0.600. The maximum atomic E-state index is 12.1. The van der Waals surface area contributed by atoms with Crippen LogP contribution >= 0.6 is 0 Å². The highest BCUT2D eigenvalue weighted by molar-refractivity contribution is 6.56. The second-order valence-corrected chi connectivity index (χ2v) is 8.79. The number of aromatic nitrogens is 1. The zero-order valence-corrected chi connectivity index (χ0v) is 18.1. The van der Waals surface area contributed by atoms with Crippen molar-refractivity contribution < 1.29 is 23.6 Å². The molecule has 1 N–H and O–H groups in total.